The van der Waals surface area contributed by atoms with Crippen molar-refractivity contribution in [1.29, 1.82) is 0 Å². The monoisotopic (exact) mass is 228 g/mol. The van der Waals surface area contributed by atoms with Gasteiger partial charge in [-0.25, -0.2) is 4.39 Å². The highest BCUT2D eigenvalue weighted by Gasteiger charge is 2.09. The molecule has 0 spiro atoms. The van der Waals surface area contributed by atoms with Crippen LogP contribution in [-0.2, 0) is 6.61 Å². The average molecular weight is 229 g/mol. The molecule has 4 nitrogen and oxygen atoms in total. The van der Waals surface area contributed by atoms with Crippen LogP contribution >= 0.6 is 11.6 Å². The van der Waals surface area contributed by atoms with E-state index in [1.165, 1.54) is 18.2 Å². The molecule has 0 saturated heterocycles. The maximum Gasteiger partial charge on any atom is 0.252 e. The van der Waals surface area contributed by atoms with E-state index in [2.05, 4.69) is 14.7 Å². The van der Waals surface area contributed by atoms with Gasteiger partial charge in [0.15, 0.2) is 0 Å². The molecule has 0 radical (unpaired) electrons. The quantitative estimate of drug-likeness (QED) is 0.854. The lowest BCUT2D eigenvalue weighted by molar-refractivity contribution is 0.222. The zero-order chi connectivity index (χ0) is 10.8. The van der Waals surface area contributed by atoms with E-state index in [9.17, 15) is 4.39 Å². The van der Waals surface area contributed by atoms with Crippen molar-refractivity contribution in [3.8, 4) is 11.4 Å². The van der Waals surface area contributed by atoms with Crippen molar-refractivity contribution in [2.45, 2.75) is 6.61 Å². The molecule has 0 amide bonds. The largest absolute Gasteiger partial charge is 0.387 e. The number of rotatable bonds is 2. The van der Waals surface area contributed by atoms with E-state index in [0.29, 0.717) is 5.56 Å². The van der Waals surface area contributed by atoms with Crippen molar-refractivity contribution in [3.05, 3.63) is 34.9 Å². The second-order valence-corrected chi connectivity index (χ2v) is 3.26. The van der Waals surface area contributed by atoms with E-state index < -0.39 is 5.82 Å². The lowest BCUT2D eigenvalue weighted by atomic mass is 10.2. The van der Waals surface area contributed by atoms with Gasteiger partial charge in [-0.3, -0.25) is 0 Å². The Morgan fingerprint density at radius 2 is 2.20 bits per heavy atom. The number of nitrogens with zero attached hydrogens (tertiary/aromatic N) is 2. The first kappa shape index (κ1) is 10.1. The van der Waals surface area contributed by atoms with Crippen LogP contribution in [0.5, 0.6) is 0 Å². The van der Waals surface area contributed by atoms with Crippen LogP contribution in [0, 0.1) is 5.82 Å². The van der Waals surface area contributed by atoms with Crippen molar-refractivity contribution in [1.82, 2.24) is 10.1 Å². The van der Waals surface area contributed by atoms with Crippen molar-refractivity contribution in [2.24, 2.45) is 0 Å². The summed E-state index contributed by atoms with van der Waals surface area (Å²) in [5.74, 6) is -0.210. The van der Waals surface area contributed by atoms with Crippen molar-refractivity contribution < 1.29 is 14.0 Å². The SMILES string of the molecule is OCc1nc(-c2cc(F)cc(Cl)c2)no1. The maximum atomic E-state index is 13.0. The predicted octanol–water partition coefficient (Wildman–Crippen LogP) is 2.02. The third kappa shape index (κ3) is 2.14. The number of halogens is 2. The van der Waals surface area contributed by atoms with Gasteiger partial charge in [0.1, 0.15) is 12.4 Å². The Morgan fingerprint density at radius 3 is 2.80 bits per heavy atom. The molecule has 0 saturated carbocycles. The number of hydrogen-bond acceptors (Lipinski definition) is 4. The van der Waals surface area contributed by atoms with Gasteiger partial charge in [0.05, 0.1) is 0 Å². The molecule has 6 heteroatoms. The summed E-state index contributed by atoms with van der Waals surface area (Å²) in [6, 6.07) is 3.92. The summed E-state index contributed by atoms with van der Waals surface area (Å²) in [4.78, 5) is 3.83. The second kappa shape index (κ2) is 3.96. The Bertz CT molecular complexity index is 466. The van der Waals surface area contributed by atoms with Gasteiger partial charge in [0.2, 0.25) is 5.82 Å². The highest BCUT2D eigenvalue weighted by Crippen LogP contribution is 2.21. The first-order chi connectivity index (χ1) is 7.19. The highest BCUT2D eigenvalue weighted by molar-refractivity contribution is 6.30. The smallest absolute Gasteiger partial charge is 0.252 e. The molecule has 0 aliphatic carbocycles. The van der Waals surface area contributed by atoms with Gasteiger partial charge < -0.3 is 9.63 Å². The Hall–Kier alpha value is -1.46. The van der Waals surface area contributed by atoms with Crippen LogP contribution in [0.1, 0.15) is 5.89 Å². The van der Waals surface area contributed by atoms with Crippen LogP contribution < -0.4 is 0 Å². The van der Waals surface area contributed by atoms with E-state index in [4.69, 9.17) is 16.7 Å². The molecule has 15 heavy (non-hydrogen) atoms. The van der Waals surface area contributed by atoms with Crippen LogP contribution in [0.4, 0.5) is 4.39 Å². The predicted molar refractivity (Wildman–Crippen MR) is 50.6 cm³/mol. The molecule has 0 atom stereocenters. The van der Waals surface area contributed by atoms with Crippen LogP contribution in [0.15, 0.2) is 22.7 Å². The molecule has 0 aliphatic rings. The van der Waals surface area contributed by atoms with Crippen LogP contribution in [0.25, 0.3) is 11.4 Å². The zero-order valence-corrected chi connectivity index (χ0v) is 8.20. The maximum absolute atomic E-state index is 13.0. The van der Waals surface area contributed by atoms with E-state index in [1.54, 1.807) is 0 Å². The molecular formula is C9H6ClFN2O2. The normalized spacial score (nSPS) is 10.6. The minimum Gasteiger partial charge on any atom is -0.387 e. The number of aliphatic hydroxyl groups is 1. The lowest BCUT2D eigenvalue weighted by Crippen LogP contribution is -1.85. The number of hydrogen-bond donors (Lipinski definition) is 1. The molecule has 1 N–H and O–H groups in total. The molecule has 1 aromatic carbocycles. The first-order valence-electron chi connectivity index (χ1n) is 4.09. The van der Waals surface area contributed by atoms with Crippen molar-refractivity contribution in [2.75, 3.05) is 0 Å². The van der Waals surface area contributed by atoms with Gasteiger partial charge in [-0.15, -0.1) is 0 Å². The molecule has 0 unspecified atom stereocenters. The third-order valence-corrected chi connectivity index (χ3v) is 1.94. The second-order valence-electron chi connectivity index (χ2n) is 2.83. The summed E-state index contributed by atoms with van der Waals surface area (Å²) < 4.78 is 17.7. The molecule has 1 aromatic heterocycles. The Labute approximate surface area is 89.3 Å². The minimum atomic E-state index is -0.479. The standard InChI is InChI=1S/C9H6ClFN2O2/c10-6-1-5(2-7(11)3-6)9-12-8(4-14)15-13-9/h1-3,14H,4H2. The Kier molecular flexibility index (Phi) is 2.66. The summed E-state index contributed by atoms with van der Waals surface area (Å²) in [6.07, 6.45) is 0. The number of aromatic nitrogens is 2. The lowest BCUT2D eigenvalue weighted by Gasteiger charge is -1.95. The number of aliphatic hydroxyl groups excluding tert-OH is 1. The highest BCUT2D eigenvalue weighted by atomic mass is 35.5. The molecule has 2 rings (SSSR count). The fourth-order valence-electron chi connectivity index (χ4n) is 1.12. The van der Waals surface area contributed by atoms with Crippen molar-refractivity contribution in [3.63, 3.8) is 0 Å². The van der Waals surface area contributed by atoms with Gasteiger partial charge >= 0.3 is 0 Å². The van der Waals surface area contributed by atoms with Gasteiger partial charge in [-0.1, -0.05) is 16.8 Å². The summed E-state index contributed by atoms with van der Waals surface area (Å²) in [6.45, 7) is -0.351. The van der Waals surface area contributed by atoms with E-state index in [-0.39, 0.29) is 23.3 Å². The van der Waals surface area contributed by atoms with E-state index in [1.807, 2.05) is 0 Å². The molecule has 0 aliphatic heterocycles. The first-order valence-corrected chi connectivity index (χ1v) is 4.47. The summed E-state index contributed by atoms with van der Waals surface area (Å²) in [5, 5.41) is 12.5. The fraction of sp³-hybridized carbons (Fsp3) is 0.111. The molecule has 78 valence electrons. The van der Waals surface area contributed by atoms with Crippen LogP contribution in [0.3, 0.4) is 0 Å². The van der Waals surface area contributed by atoms with Gasteiger partial charge in [0.25, 0.3) is 5.89 Å². The Morgan fingerprint density at radius 1 is 1.40 bits per heavy atom. The van der Waals surface area contributed by atoms with Gasteiger partial charge in [0, 0.05) is 10.6 Å². The van der Waals surface area contributed by atoms with E-state index >= 15 is 0 Å². The van der Waals surface area contributed by atoms with Crippen LogP contribution in [-0.4, -0.2) is 15.2 Å². The van der Waals surface area contributed by atoms with Gasteiger partial charge in [-0.2, -0.15) is 4.98 Å². The molecule has 0 bridgehead atoms. The van der Waals surface area contributed by atoms with Gasteiger partial charge in [-0.05, 0) is 18.2 Å². The average Bonchev–Trinajstić information content (AvgIpc) is 2.64. The molecular weight excluding hydrogens is 223 g/mol. The summed E-state index contributed by atoms with van der Waals surface area (Å²) in [7, 11) is 0. The number of benzene rings is 1. The summed E-state index contributed by atoms with van der Waals surface area (Å²) >= 11 is 5.67. The minimum absolute atomic E-state index is 0.0744. The van der Waals surface area contributed by atoms with E-state index in [0.717, 1.165) is 0 Å². The zero-order valence-electron chi connectivity index (χ0n) is 7.44. The molecule has 0 fully saturated rings. The summed E-state index contributed by atoms with van der Waals surface area (Å²) in [5.41, 5.74) is 0.406. The van der Waals surface area contributed by atoms with Crippen LogP contribution in [0.2, 0.25) is 5.02 Å². The molecule has 1 heterocycles. The topological polar surface area (TPSA) is 59.2 Å². The van der Waals surface area contributed by atoms with Crippen molar-refractivity contribution >= 4 is 11.6 Å². The third-order valence-electron chi connectivity index (χ3n) is 1.72. The fourth-order valence-corrected chi connectivity index (χ4v) is 1.34. The Balaban J connectivity index is 2.44. The molecule has 2 aromatic rings.